The van der Waals surface area contributed by atoms with Crippen molar-refractivity contribution in [2.75, 3.05) is 5.32 Å². The number of para-hydroxylation sites is 1. The summed E-state index contributed by atoms with van der Waals surface area (Å²) in [6.45, 7) is 4.49. The maximum absolute atomic E-state index is 6.55. The molecule has 1 aliphatic carbocycles. The lowest BCUT2D eigenvalue weighted by atomic mass is 9.75. The third-order valence-electron chi connectivity index (χ3n) is 5.37. The van der Waals surface area contributed by atoms with Gasteiger partial charge in [0.2, 0.25) is 0 Å². The molecule has 0 saturated heterocycles. The average molecular weight is 358 g/mol. The van der Waals surface area contributed by atoms with Crippen molar-refractivity contribution in [3.63, 3.8) is 0 Å². The number of allylic oxidation sites excluding steroid dienone is 2. The van der Waals surface area contributed by atoms with E-state index in [0.717, 1.165) is 12.0 Å². The van der Waals surface area contributed by atoms with Crippen molar-refractivity contribution >= 4 is 28.9 Å². The highest BCUT2D eigenvalue weighted by Crippen LogP contribution is 2.52. The molecule has 1 N–H and O–H groups in total. The predicted molar refractivity (Wildman–Crippen MR) is 103 cm³/mol. The van der Waals surface area contributed by atoms with Crippen molar-refractivity contribution in [2.45, 2.75) is 38.1 Å². The molecule has 2 aliphatic rings. The van der Waals surface area contributed by atoms with Crippen molar-refractivity contribution in [2.24, 2.45) is 5.92 Å². The third kappa shape index (κ3) is 2.46. The summed E-state index contributed by atoms with van der Waals surface area (Å²) in [5.41, 5.74) is 5.16. The van der Waals surface area contributed by atoms with Crippen LogP contribution < -0.4 is 5.32 Å². The fraction of sp³-hybridized carbons (Fsp3) is 0.333. The first-order chi connectivity index (χ1) is 11.6. The van der Waals surface area contributed by atoms with Gasteiger partial charge in [0, 0.05) is 11.6 Å². The quantitative estimate of drug-likeness (QED) is 0.573. The summed E-state index contributed by atoms with van der Waals surface area (Å²) in [5, 5.41) is 5.12. The molecule has 0 fully saturated rings. The van der Waals surface area contributed by atoms with Crippen molar-refractivity contribution in [1.82, 2.24) is 0 Å². The minimum Gasteiger partial charge on any atom is -0.377 e. The largest absolute Gasteiger partial charge is 0.377 e. The normalized spacial score (nSPS) is 24.6. The van der Waals surface area contributed by atoms with E-state index in [2.05, 4.69) is 55.6 Å². The maximum Gasteiger partial charge on any atom is 0.0645 e. The van der Waals surface area contributed by atoms with E-state index in [9.17, 15) is 0 Å². The molecule has 1 heterocycles. The van der Waals surface area contributed by atoms with E-state index in [-0.39, 0.29) is 6.04 Å². The van der Waals surface area contributed by atoms with Gasteiger partial charge < -0.3 is 5.32 Å². The molecule has 3 heteroatoms. The zero-order valence-electron chi connectivity index (χ0n) is 13.9. The Morgan fingerprint density at radius 3 is 2.58 bits per heavy atom. The summed E-state index contributed by atoms with van der Waals surface area (Å²) in [6, 6.07) is 12.8. The van der Waals surface area contributed by atoms with Crippen LogP contribution in [0.1, 0.15) is 54.8 Å². The zero-order valence-corrected chi connectivity index (χ0v) is 15.4. The highest BCUT2D eigenvalue weighted by atomic mass is 35.5. The summed E-state index contributed by atoms with van der Waals surface area (Å²) < 4.78 is 0. The Kier molecular flexibility index (Phi) is 4.10. The first-order valence-corrected chi connectivity index (χ1v) is 9.33. The highest BCUT2D eigenvalue weighted by Gasteiger charge is 2.39. The second kappa shape index (κ2) is 6.13. The number of hydrogen-bond donors (Lipinski definition) is 1. The molecule has 4 rings (SSSR count). The number of halogens is 2. The van der Waals surface area contributed by atoms with Crippen LogP contribution in [0.15, 0.2) is 48.6 Å². The molecule has 3 atom stereocenters. The molecule has 0 radical (unpaired) electrons. The maximum atomic E-state index is 6.55. The zero-order chi connectivity index (χ0) is 16.8. The molecule has 2 aromatic rings. The Balaban J connectivity index is 1.86. The second-order valence-electron chi connectivity index (χ2n) is 7.08. The van der Waals surface area contributed by atoms with Crippen LogP contribution in [0.4, 0.5) is 5.69 Å². The highest BCUT2D eigenvalue weighted by molar-refractivity contribution is 6.42. The molecule has 0 bridgehead atoms. The average Bonchev–Trinajstić information content (AvgIpc) is 3.06. The van der Waals surface area contributed by atoms with E-state index < -0.39 is 0 Å². The van der Waals surface area contributed by atoms with E-state index >= 15 is 0 Å². The summed E-state index contributed by atoms with van der Waals surface area (Å²) in [7, 11) is 0. The van der Waals surface area contributed by atoms with Gasteiger partial charge >= 0.3 is 0 Å². The number of nitrogens with one attached hydrogen (secondary N) is 1. The SMILES string of the molecule is CC(C)c1cccc2c1N[C@H](c1cccc(Cl)c1Cl)[C@@H]1CC=C[C@H]21. The van der Waals surface area contributed by atoms with Gasteiger partial charge in [-0.2, -0.15) is 0 Å². The lowest BCUT2D eigenvalue weighted by molar-refractivity contribution is 0.424. The van der Waals surface area contributed by atoms with Crippen LogP contribution in [0.5, 0.6) is 0 Å². The van der Waals surface area contributed by atoms with Gasteiger partial charge in [-0.15, -0.1) is 0 Å². The topological polar surface area (TPSA) is 12.0 Å². The summed E-state index contributed by atoms with van der Waals surface area (Å²) >= 11 is 12.8. The molecule has 2 aromatic carbocycles. The van der Waals surface area contributed by atoms with Crippen molar-refractivity contribution < 1.29 is 0 Å². The third-order valence-corrected chi connectivity index (χ3v) is 6.20. The molecule has 0 saturated carbocycles. The van der Waals surface area contributed by atoms with E-state index in [1.54, 1.807) is 0 Å². The smallest absolute Gasteiger partial charge is 0.0645 e. The lowest BCUT2D eigenvalue weighted by Crippen LogP contribution is -2.30. The Morgan fingerprint density at radius 2 is 1.79 bits per heavy atom. The minimum absolute atomic E-state index is 0.184. The van der Waals surface area contributed by atoms with Gasteiger partial charge in [0.05, 0.1) is 16.1 Å². The van der Waals surface area contributed by atoms with Crippen molar-refractivity contribution in [1.29, 1.82) is 0 Å². The van der Waals surface area contributed by atoms with Crippen LogP contribution in [-0.4, -0.2) is 0 Å². The first-order valence-electron chi connectivity index (χ1n) is 8.58. The molecule has 24 heavy (non-hydrogen) atoms. The van der Waals surface area contributed by atoms with Crippen LogP contribution in [0, 0.1) is 5.92 Å². The molecule has 0 unspecified atom stereocenters. The molecular formula is C21H21Cl2N. The van der Waals surface area contributed by atoms with Gasteiger partial charge in [-0.1, -0.05) is 79.5 Å². The van der Waals surface area contributed by atoms with Gasteiger partial charge in [0.1, 0.15) is 0 Å². The van der Waals surface area contributed by atoms with Gasteiger partial charge in [-0.05, 0) is 41.0 Å². The summed E-state index contributed by atoms with van der Waals surface area (Å²) in [6.07, 6.45) is 5.73. The minimum atomic E-state index is 0.184. The standard InChI is InChI=1S/C21H21Cl2N/c1-12(2)13-6-3-8-15-14-7-4-9-16(14)21(24-20(13)15)17-10-5-11-18(22)19(17)23/h3-8,10-12,14,16,21,24H,9H2,1-2H3/t14-,16-,21+/m1/s1. The predicted octanol–water partition coefficient (Wildman–Crippen LogP) is 6.94. The number of rotatable bonds is 2. The monoisotopic (exact) mass is 357 g/mol. The van der Waals surface area contributed by atoms with E-state index in [1.807, 2.05) is 12.1 Å². The molecule has 1 aliphatic heterocycles. The fourth-order valence-electron chi connectivity index (χ4n) is 4.20. The summed E-state index contributed by atoms with van der Waals surface area (Å²) in [4.78, 5) is 0. The summed E-state index contributed by atoms with van der Waals surface area (Å²) in [5.74, 6) is 1.40. The van der Waals surface area contributed by atoms with Crippen molar-refractivity contribution in [3.8, 4) is 0 Å². The number of hydrogen-bond acceptors (Lipinski definition) is 1. The van der Waals surface area contributed by atoms with E-state index in [4.69, 9.17) is 23.2 Å². The van der Waals surface area contributed by atoms with Crippen LogP contribution in [0.25, 0.3) is 0 Å². The van der Waals surface area contributed by atoms with E-state index in [1.165, 1.54) is 16.8 Å². The Hall–Kier alpha value is -1.44. The van der Waals surface area contributed by atoms with Gasteiger partial charge in [0.15, 0.2) is 0 Å². The van der Waals surface area contributed by atoms with Crippen molar-refractivity contribution in [3.05, 3.63) is 75.3 Å². The van der Waals surface area contributed by atoms with Gasteiger partial charge in [-0.25, -0.2) is 0 Å². The van der Waals surface area contributed by atoms with Crippen LogP contribution in [0.3, 0.4) is 0 Å². The van der Waals surface area contributed by atoms with Gasteiger partial charge in [-0.3, -0.25) is 0 Å². The molecular weight excluding hydrogens is 337 g/mol. The van der Waals surface area contributed by atoms with E-state index in [0.29, 0.717) is 27.8 Å². The molecule has 124 valence electrons. The fourth-order valence-corrected chi connectivity index (χ4v) is 4.62. The second-order valence-corrected chi connectivity index (χ2v) is 7.87. The van der Waals surface area contributed by atoms with Crippen LogP contribution >= 0.6 is 23.2 Å². The molecule has 0 amide bonds. The first kappa shape index (κ1) is 16.1. The molecule has 1 nitrogen and oxygen atoms in total. The van der Waals surface area contributed by atoms with Crippen LogP contribution in [-0.2, 0) is 0 Å². The Bertz CT molecular complexity index is 809. The lowest BCUT2D eigenvalue weighted by Gasteiger charge is -2.39. The Morgan fingerprint density at radius 1 is 1.04 bits per heavy atom. The number of fused-ring (bicyclic) bond motifs is 3. The Labute approximate surface area is 153 Å². The molecule has 0 spiro atoms. The van der Waals surface area contributed by atoms with Crippen LogP contribution in [0.2, 0.25) is 10.0 Å². The van der Waals surface area contributed by atoms with Gasteiger partial charge in [0.25, 0.3) is 0 Å². The number of anilines is 1. The number of benzene rings is 2. The molecule has 0 aromatic heterocycles.